The summed E-state index contributed by atoms with van der Waals surface area (Å²) in [6.45, 7) is 10.1. The Balaban J connectivity index is 2.22. The number of carbonyl (C=O) groups is 2. The Kier molecular flexibility index (Phi) is 4.66. The van der Waals surface area contributed by atoms with Crippen LogP contribution in [0.25, 0.3) is 0 Å². The quantitative estimate of drug-likeness (QED) is 0.927. The van der Waals surface area contributed by atoms with E-state index < -0.39 is 6.04 Å². The maximum atomic E-state index is 12.6. The number of hydrogen-bond acceptors (Lipinski definition) is 4. The van der Waals surface area contributed by atoms with Crippen molar-refractivity contribution in [2.24, 2.45) is 5.92 Å². The summed E-state index contributed by atoms with van der Waals surface area (Å²) in [5.41, 5.74) is 0.948. The van der Waals surface area contributed by atoms with Crippen LogP contribution in [-0.2, 0) is 9.59 Å². The molecule has 1 aliphatic rings. The van der Waals surface area contributed by atoms with E-state index in [4.69, 9.17) is 0 Å². The van der Waals surface area contributed by atoms with Gasteiger partial charge in [0, 0.05) is 4.88 Å². The molecule has 1 aliphatic heterocycles. The largest absolute Gasteiger partial charge is 0.343 e. The third-order valence-corrected chi connectivity index (χ3v) is 4.97. The van der Waals surface area contributed by atoms with Gasteiger partial charge < -0.3 is 10.2 Å². The molecule has 0 spiro atoms. The van der Waals surface area contributed by atoms with Crippen molar-refractivity contribution in [1.29, 1.82) is 0 Å². The van der Waals surface area contributed by atoms with Gasteiger partial charge in [0.25, 0.3) is 0 Å². The van der Waals surface area contributed by atoms with Gasteiger partial charge in [0.15, 0.2) is 0 Å². The third kappa shape index (κ3) is 3.43. The summed E-state index contributed by atoms with van der Waals surface area (Å²) in [6.07, 6.45) is 0.675. The molecule has 1 fully saturated rings. The zero-order valence-electron chi connectivity index (χ0n) is 13.3. The van der Waals surface area contributed by atoms with E-state index in [1.807, 2.05) is 20.8 Å². The van der Waals surface area contributed by atoms with E-state index in [2.05, 4.69) is 24.1 Å². The summed E-state index contributed by atoms with van der Waals surface area (Å²) >= 11 is 1.60. The van der Waals surface area contributed by atoms with Gasteiger partial charge in [-0.15, -0.1) is 11.3 Å². The van der Waals surface area contributed by atoms with E-state index in [1.54, 1.807) is 16.2 Å². The van der Waals surface area contributed by atoms with Crippen molar-refractivity contribution < 1.29 is 9.59 Å². The first kappa shape index (κ1) is 15.9. The minimum Gasteiger partial charge on any atom is -0.343 e. The summed E-state index contributed by atoms with van der Waals surface area (Å²) in [7, 11) is 0. The molecular formula is C15H23N3O2S. The molecule has 2 heterocycles. The first-order valence-electron chi connectivity index (χ1n) is 7.33. The lowest BCUT2D eigenvalue weighted by molar-refractivity contribution is -0.146. The Morgan fingerprint density at radius 3 is 2.52 bits per heavy atom. The van der Waals surface area contributed by atoms with Gasteiger partial charge in [0.2, 0.25) is 11.8 Å². The Morgan fingerprint density at radius 1 is 1.33 bits per heavy atom. The van der Waals surface area contributed by atoms with E-state index in [0.717, 1.165) is 15.6 Å². The fraction of sp³-hybridized carbons (Fsp3) is 0.667. The van der Waals surface area contributed by atoms with E-state index in [-0.39, 0.29) is 24.4 Å². The molecule has 5 nitrogen and oxygen atoms in total. The lowest BCUT2D eigenvalue weighted by Gasteiger charge is -2.36. The predicted octanol–water partition coefficient (Wildman–Crippen LogP) is 2.19. The maximum absolute atomic E-state index is 12.6. The monoisotopic (exact) mass is 309 g/mol. The van der Waals surface area contributed by atoms with Crippen molar-refractivity contribution in [1.82, 2.24) is 15.2 Å². The number of hydrogen-bond donors (Lipinski definition) is 1. The van der Waals surface area contributed by atoms with Crippen LogP contribution in [0.2, 0.25) is 0 Å². The topological polar surface area (TPSA) is 62.3 Å². The van der Waals surface area contributed by atoms with Crippen molar-refractivity contribution in [2.45, 2.75) is 53.1 Å². The second-order valence-corrected chi connectivity index (χ2v) is 7.31. The van der Waals surface area contributed by atoms with Crippen LogP contribution in [0.4, 0.5) is 0 Å². The van der Waals surface area contributed by atoms with Gasteiger partial charge in [-0.05, 0) is 33.1 Å². The summed E-state index contributed by atoms with van der Waals surface area (Å²) in [5.74, 6) is 0.300. The number of thiazole rings is 1. The fourth-order valence-electron chi connectivity index (χ4n) is 2.77. The molecule has 2 amide bonds. The molecule has 1 aromatic rings. The van der Waals surface area contributed by atoms with Crippen molar-refractivity contribution in [3.63, 3.8) is 0 Å². The van der Waals surface area contributed by atoms with E-state index in [9.17, 15) is 9.59 Å². The molecule has 2 unspecified atom stereocenters. The Bertz CT molecular complexity index is 553. The average molecular weight is 309 g/mol. The standard InChI is InChI=1S/C15H23N3O2S/c1-8(2)6-12-15(20)18(7-13(19)17-12)10(4)14-9(3)16-11(5)21-14/h8,10,12H,6-7H2,1-5H3,(H,17,19). The molecule has 1 aromatic heterocycles. The van der Waals surface area contributed by atoms with Crippen molar-refractivity contribution in [3.8, 4) is 0 Å². The highest BCUT2D eigenvalue weighted by molar-refractivity contribution is 7.11. The molecule has 0 aliphatic carbocycles. The minimum absolute atomic E-state index is 0.0150. The number of carbonyl (C=O) groups excluding carboxylic acids is 2. The van der Waals surface area contributed by atoms with Crippen molar-refractivity contribution >= 4 is 23.2 Å². The van der Waals surface area contributed by atoms with Crippen LogP contribution in [0.5, 0.6) is 0 Å². The van der Waals surface area contributed by atoms with Crippen molar-refractivity contribution in [2.75, 3.05) is 6.54 Å². The van der Waals surface area contributed by atoms with Crippen LogP contribution in [0, 0.1) is 19.8 Å². The van der Waals surface area contributed by atoms with Crippen LogP contribution < -0.4 is 5.32 Å². The van der Waals surface area contributed by atoms with Gasteiger partial charge in [0.05, 0.1) is 16.7 Å². The Morgan fingerprint density at radius 2 is 2.00 bits per heavy atom. The normalized spacial score (nSPS) is 20.9. The van der Waals surface area contributed by atoms with Gasteiger partial charge in [-0.1, -0.05) is 13.8 Å². The molecular weight excluding hydrogens is 286 g/mol. The average Bonchev–Trinajstić information content (AvgIpc) is 2.71. The first-order valence-corrected chi connectivity index (χ1v) is 8.15. The van der Waals surface area contributed by atoms with Crippen LogP contribution in [-0.4, -0.2) is 34.3 Å². The summed E-state index contributed by atoms with van der Waals surface area (Å²) in [5, 5.41) is 3.80. The number of nitrogens with zero attached hydrogens (tertiary/aromatic N) is 2. The molecule has 0 aromatic carbocycles. The zero-order valence-corrected chi connectivity index (χ0v) is 14.1. The zero-order chi connectivity index (χ0) is 15.7. The van der Waals surface area contributed by atoms with Gasteiger partial charge in [-0.25, -0.2) is 4.98 Å². The van der Waals surface area contributed by atoms with Crippen LogP contribution in [0.1, 0.15) is 48.8 Å². The van der Waals surface area contributed by atoms with E-state index in [0.29, 0.717) is 12.3 Å². The van der Waals surface area contributed by atoms with Crippen molar-refractivity contribution in [3.05, 3.63) is 15.6 Å². The molecule has 21 heavy (non-hydrogen) atoms. The molecule has 0 saturated carbocycles. The van der Waals surface area contributed by atoms with Gasteiger partial charge in [0.1, 0.15) is 12.6 Å². The highest BCUT2D eigenvalue weighted by Crippen LogP contribution is 2.30. The van der Waals surface area contributed by atoms with Gasteiger partial charge in [-0.3, -0.25) is 9.59 Å². The Labute approximate surface area is 129 Å². The Hall–Kier alpha value is -1.43. The number of rotatable bonds is 4. The number of piperazine rings is 1. The second-order valence-electron chi connectivity index (χ2n) is 6.07. The highest BCUT2D eigenvalue weighted by Gasteiger charge is 2.36. The number of aromatic nitrogens is 1. The second kappa shape index (κ2) is 6.13. The van der Waals surface area contributed by atoms with E-state index in [1.165, 1.54) is 0 Å². The lowest BCUT2D eigenvalue weighted by Crippen LogP contribution is -2.58. The predicted molar refractivity (Wildman–Crippen MR) is 83.1 cm³/mol. The molecule has 2 rings (SSSR count). The van der Waals surface area contributed by atoms with Gasteiger partial charge >= 0.3 is 0 Å². The smallest absolute Gasteiger partial charge is 0.246 e. The summed E-state index contributed by atoms with van der Waals surface area (Å²) < 4.78 is 0. The van der Waals surface area contributed by atoms with Crippen LogP contribution in [0.15, 0.2) is 0 Å². The first-order chi connectivity index (χ1) is 9.79. The highest BCUT2D eigenvalue weighted by atomic mass is 32.1. The molecule has 6 heteroatoms. The van der Waals surface area contributed by atoms with Crippen LogP contribution in [0.3, 0.4) is 0 Å². The summed E-state index contributed by atoms with van der Waals surface area (Å²) in [4.78, 5) is 31.7. The molecule has 0 bridgehead atoms. The number of aryl methyl sites for hydroxylation is 2. The third-order valence-electron chi connectivity index (χ3n) is 3.72. The molecule has 116 valence electrons. The summed E-state index contributed by atoms with van der Waals surface area (Å²) in [6, 6.07) is -0.507. The minimum atomic E-state index is -0.400. The van der Waals surface area contributed by atoms with Gasteiger partial charge in [-0.2, -0.15) is 0 Å². The number of nitrogens with one attached hydrogen (secondary N) is 1. The number of amides is 2. The maximum Gasteiger partial charge on any atom is 0.246 e. The SMILES string of the molecule is Cc1nc(C)c(C(C)N2CC(=O)NC(CC(C)C)C2=O)s1. The van der Waals surface area contributed by atoms with Crippen LogP contribution >= 0.6 is 11.3 Å². The molecule has 1 N–H and O–H groups in total. The van der Waals surface area contributed by atoms with E-state index >= 15 is 0 Å². The fourth-order valence-corrected chi connectivity index (χ4v) is 3.76. The molecule has 2 atom stereocenters. The molecule has 1 saturated heterocycles. The lowest BCUT2D eigenvalue weighted by atomic mass is 10.00. The molecule has 0 radical (unpaired) electrons.